The molecule has 1 N–H and O–H groups in total. The van der Waals surface area contributed by atoms with Gasteiger partial charge in [-0.2, -0.15) is 0 Å². The van der Waals surface area contributed by atoms with Gasteiger partial charge >= 0.3 is 0 Å². The Kier molecular flexibility index (Phi) is 5.02. The van der Waals surface area contributed by atoms with Gasteiger partial charge in [-0.15, -0.1) is 11.3 Å². The zero-order chi connectivity index (χ0) is 13.9. The first-order chi connectivity index (χ1) is 9.07. The van der Waals surface area contributed by atoms with Gasteiger partial charge in [-0.1, -0.05) is 20.8 Å². The standard InChI is InChI=1S/C16H28N2S/c1-5-10-17-16(15-18-13(4)11-19-15)8-6-14(7-9-16)12(2)3/h11-12,14,17H,5-10H2,1-4H3. The summed E-state index contributed by atoms with van der Waals surface area (Å²) in [6.45, 7) is 10.2. The zero-order valence-electron chi connectivity index (χ0n) is 12.8. The Morgan fingerprint density at radius 2 is 2.11 bits per heavy atom. The largest absolute Gasteiger partial charge is 0.305 e. The van der Waals surface area contributed by atoms with Crippen molar-refractivity contribution in [2.75, 3.05) is 6.54 Å². The van der Waals surface area contributed by atoms with Crippen LogP contribution in [0.3, 0.4) is 0 Å². The lowest BCUT2D eigenvalue weighted by molar-refractivity contribution is 0.160. The number of nitrogens with zero attached hydrogens (tertiary/aromatic N) is 1. The second kappa shape index (κ2) is 6.36. The summed E-state index contributed by atoms with van der Waals surface area (Å²) in [4.78, 5) is 4.79. The number of aromatic nitrogens is 1. The number of rotatable bonds is 5. The highest BCUT2D eigenvalue weighted by Crippen LogP contribution is 2.42. The van der Waals surface area contributed by atoms with Gasteiger partial charge < -0.3 is 5.32 Å². The van der Waals surface area contributed by atoms with E-state index in [0.717, 1.165) is 18.4 Å². The van der Waals surface area contributed by atoms with E-state index in [4.69, 9.17) is 4.98 Å². The van der Waals surface area contributed by atoms with Crippen molar-refractivity contribution in [3.63, 3.8) is 0 Å². The van der Waals surface area contributed by atoms with Crippen LogP contribution in [0.1, 0.15) is 63.6 Å². The smallest absolute Gasteiger partial charge is 0.113 e. The van der Waals surface area contributed by atoms with Gasteiger partial charge in [-0.3, -0.25) is 0 Å². The molecule has 0 spiro atoms. The predicted octanol–water partition coefficient (Wildman–Crippen LogP) is 4.49. The summed E-state index contributed by atoms with van der Waals surface area (Å²) < 4.78 is 0. The molecule has 1 aromatic rings. The van der Waals surface area contributed by atoms with Crippen LogP contribution in [-0.4, -0.2) is 11.5 Å². The molecule has 0 saturated heterocycles. The number of hydrogen-bond donors (Lipinski definition) is 1. The van der Waals surface area contributed by atoms with E-state index < -0.39 is 0 Å². The number of aryl methyl sites for hydroxylation is 1. The van der Waals surface area contributed by atoms with E-state index in [1.807, 2.05) is 11.3 Å². The van der Waals surface area contributed by atoms with Crippen molar-refractivity contribution in [2.24, 2.45) is 11.8 Å². The monoisotopic (exact) mass is 280 g/mol. The van der Waals surface area contributed by atoms with Gasteiger partial charge in [0.15, 0.2) is 0 Å². The molecule has 1 fully saturated rings. The van der Waals surface area contributed by atoms with Gasteiger partial charge in [0, 0.05) is 11.1 Å². The highest BCUT2D eigenvalue weighted by Gasteiger charge is 2.39. The van der Waals surface area contributed by atoms with Crippen molar-refractivity contribution in [2.45, 2.75) is 65.3 Å². The van der Waals surface area contributed by atoms with Crippen molar-refractivity contribution in [3.8, 4) is 0 Å². The molecule has 1 heterocycles. The Morgan fingerprint density at radius 1 is 1.42 bits per heavy atom. The van der Waals surface area contributed by atoms with E-state index in [1.54, 1.807) is 0 Å². The van der Waals surface area contributed by atoms with E-state index in [-0.39, 0.29) is 5.54 Å². The normalized spacial score (nSPS) is 27.9. The fourth-order valence-corrected chi connectivity index (χ4v) is 4.24. The van der Waals surface area contributed by atoms with Gasteiger partial charge in [0.05, 0.1) is 5.54 Å². The highest BCUT2D eigenvalue weighted by atomic mass is 32.1. The first-order valence-corrected chi connectivity index (χ1v) is 8.63. The molecular formula is C16H28N2S. The molecule has 0 bridgehead atoms. The van der Waals surface area contributed by atoms with Crippen molar-refractivity contribution >= 4 is 11.3 Å². The van der Waals surface area contributed by atoms with Crippen LogP contribution in [0.25, 0.3) is 0 Å². The quantitative estimate of drug-likeness (QED) is 0.859. The summed E-state index contributed by atoms with van der Waals surface area (Å²) in [6, 6.07) is 0. The number of hydrogen-bond acceptors (Lipinski definition) is 3. The molecule has 19 heavy (non-hydrogen) atoms. The molecule has 0 unspecified atom stereocenters. The maximum atomic E-state index is 4.79. The third-order valence-electron chi connectivity index (χ3n) is 4.57. The van der Waals surface area contributed by atoms with Crippen LogP contribution in [0.5, 0.6) is 0 Å². The number of nitrogens with one attached hydrogen (secondary N) is 1. The first-order valence-electron chi connectivity index (χ1n) is 7.75. The number of thiazole rings is 1. The molecule has 2 rings (SSSR count). The van der Waals surface area contributed by atoms with E-state index in [9.17, 15) is 0 Å². The minimum atomic E-state index is 0.167. The minimum Gasteiger partial charge on any atom is -0.305 e. The fraction of sp³-hybridized carbons (Fsp3) is 0.812. The summed E-state index contributed by atoms with van der Waals surface area (Å²) in [5, 5.41) is 7.34. The van der Waals surface area contributed by atoms with Crippen LogP contribution >= 0.6 is 11.3 Å². The molecule has 2 nitrogen and oxygen atoms in total. The molecular weight excluding hydrogens is 252 g/mol. The molecule has 0 amide bonds. The molecule has 1 aliphatic carbocycles. The van der Waals surface area contributed by atoms with Crippen molar-refractivity contribution < 1.29 is 0 Å². The van der Waals surface area contributed by atoms with Gasteiger partial charge in [0.25, 0.3) is 0 Å². The average molecular weight is 280 g/mol. The van der Waals surface area contributed by atoms with E-state index in [0.29, 0.717) is 0 Å². The Balaban J connectivity index is 2.13. The maximum absolute atomic E-state index is 4.79. The lowest BCUT2D eigenvalue weighted by Crippen LogP contribution is -2.46. The summed E-state index contributed by atoms with van der Waals surface area (Å²) in [6.07, 6.45) is 6.38. The Morgan fingerprint density at radius 3 is 2.58 bits per heavy atom. The molecule has 0 aliphatic heterocycles. The van der Waals surface area contributed by atoms with Crippen LogP contribution in [0, 0.1) is 18.8 Å². The lowest BCUT2D eigenvalue weighted by atomic mass is 9.73. The molecule has 1 aliphatic rings. The van der Waals surface area contributed by atoms with E-state index in [1.165, 1.54) is 42.8 Å². The molecule has 0 atom stereocenters. The van der Waals surface area contributed by atoms with Gasteiger partial charge in [-0.05, 0) is 57.4 Å². The molecule has 1 saturated carbocycles. The Hall–Kier alpha value is -0.410. The molecule has 1 aromatic heterocycles. The van der Waals surface area contributed by atoms with Gasteiger partial charge in [0.2, 0.25) is 0 Å². The summed E-state index contributed by atoms with van der Waals surface area (Å²) in [5.74, 6) is 1.72. The summed E-state index contributed by atoms with van der Waals surface area (Å²) in [5.41, 5.74) is 1.34. The molecule has 108 valence electrons. The first kappa shape index (κ1) is 15.0. The van der Waals surface area contributed by atoms with Crippen LogP contribution in [0.2, 0.25) is 0 Å². The highest BCUT2D eigenvalue weighted by molar-refractivity contribution is 7.09. The third-order valence-corrected chi connectivity index (χ3v) is 5.73. The van der Waals surface area contributed by atoms with E-state index in [2.05, 4.69) is 38.4 Å². The van der Waals surface area contributed by atoms with Crippen LogP contribution in [0.4, 0.5) is 0 Å². The van der Waals surface area contributed by atoms with Crippen LogP contribution < -0.4 is 5.32 Å². The Labute approximate surface area is 122 Å². The average Bonchev–Trinajstić information content (AvgIpc) is 2.84. The minimum absolute atomic E-state index is 0.167. The fourth-order valence-electron chi connectivity index (χ4n) is 3.20. The topological polar surface area (TPSA) is 24.9 Å². The third kappa shape index (κ3) is 3.38. The van der Waals surface area contributed by atoms with Crippen molar-refractivity contribution in [1.29, 1.82) is 0 Å². The maximum Gasteiger partial charge on any atom is 0.113 e. The van der Waals surface area contributed by atoms with E-state index >= 15 is 0 Å². The predicted molar refractivity (Wildman–Crippen MR) is 83.6 cm³/mol. The van der Waals surface area contributed by atoms with Crippen molar-refractivity contribution in [1.82, 2.24) is 10.3 Å². The Bertz CT molecular complexity index is 389. The molecule has 3 heteroatoms. The molecule has 0 aromatic carbocycles. The SMILES string of the molecule is CCCNC1(c2nc(C)cs2)CCC(C(C)C)CC1. The molecule has 0 radical (unpaired) electrons. The summed E-state index contributed by atoms with van der Waals surface area (Å²) in [7, 11) is 0. The van der Waals surface area contributed by atoms with Gasteiger partial charge in [0.1, 0.15) is 5.01 Å². The van der Waals surface area contributed by atoms with Gasteiger partial charge in [-0.25, -0.2) is 4.98 Å². The van der Waals surface area contributed by atoms with Crippen molar-refractivity contribution in [3.05, 3.63) is 16.1 Å². The zero-order valence-corrected chi connectivity index (χ0v) is 13.6. The van der Waals surface area contributed by atoms with Crippen LogP contribution in [-0.2, 0) is 5.54 Å². The second-order valence-electron chi connectivity index (χ2n) is 6.38. The second-order valence-corrected chi connectivity index (χ2v) is 7.24. The van der Waals surface area contributed by atoms with Crippen LogP contribution in [0.15, 0.2) is 5.38 Å². The lowest BCUT2D eigenvalue weighted by Gasteiger charge is -2.41. The summed E-state index contributed by atoms with van der Waals surface area (Å²) >= 11 is 1.84.